The smallest absolute Gasteiger partial charge is 0.0669 e. The van der Waals surface area contributed by atoms with Gasteiger partial charge >= 0.3 is 0 Å². The van der Waals surface area contributed by atoms with Crippen molar-refractivity contribution in [3.05, 3.63) is 132 Å². The van der Waals surface area contributed by atoms with Crippen LogP contribution in [0.5, 0.6) is 0 Å². The van der Waals surface area contributed by atoms with Crippen LogP contribution in [0.25, 0.3) is 6.08 Å². The second-order valence-electron chi connectivity index (χ2n) is 7.86. The first-order valence-corrected chi connectivity index (χ1v) is 12.3. The molecule has 4 aromatic rings. The van der Waals surface area contributed by atoms with E-state index in [1.807, 2.05) is 0 Å². The van der Waals surface area contributed by atoms with Crippen LogP contribution in [0.3, 0.4) is 0 Å². The van der Waals surface area contributed by atoms with Crippen LogP contribution >= 0.6 is 0 Å². The predicted octanol–water partition coefficient (Wildman–Crippen LogP) is 4.90. The Kier molecular flexibility index (Phi) is 4.53. The maximum atomic E-state index is 2.40. The van der Waals surface area contributed by atoms with E-state index in [-0.39, 0.29) is 0 Å². The Balaban J connectivity index is 1.91. The first kappa shape index (κ1) is 17.9. The highest BCUT2D eigenvalue weighted by molar-refractivity contribution is 7.12. The van der Waals surface area contributed by atoms with Crippen molar-refractivity contribution < 1.29 is 0 Å². The maximum absolute atomic E-state index is 2.40. The molecule has 0 aromatic heterocycles. The summed E-state index contributed by atoms with van der Waals surface area (Å²) >= 11 is 0. The van der Waals surface area contributed by atoms with Crippen LogP contribution < -0.4 is 15.6 Å². The van der Waals surface area contributed by atoms with Gasteiger partial charge in [-0.25, -0.2) is 0 Å². The van der Waals surface area contributed by atoms with Gasteiger partial charge in [-0.3, -0.25) is 0 Å². The lowest BCUT2D eigenvalue weighted by atomic mass is 10.1. The summed E-state index contributed by atoms with van der Waals surface area (Å²) < 4.78 is 0. The molecule has 0 radical (unpaired) electrons. The number of rotatable bonds is 4. The van der Waals surface area contributed by atoms with Crippen LogP contribution in [0.15, 0.2) is 121 Å². The summed E-state index contributed by atoms with van der Waals surface area (Å²) in [6.07, 6.45) is 2.40. The molecule has 5 rings (SSSR count). The molecule has 1 unspecified atom stereocenters. The summed E-state index contributed by atoms with van der Waals surface area (Å²) in [6, 6.07) is 42.6. The third kappa shape index (κ3) is 2.81. The molecule has 1 heteroatoms. The minimum Gasteiger partial charge on any atom is -0.0669 e. The van der Waals surface area contributed by atoms with Crippen molar-refractivity contribution in [3.63, 3.8) is 0 Å². The van der Waals surface area contributed by atoms with Crippen LogP contribution in [0.2, 0.25) is 0 Å². The van der Waals surface area contributed by atoms with E-state index in [0.29, 0.717) is 5.54 Å². The Hall–Kier alpha value is -3.16. The van der Waals surface area contributed by atoms with Gasteiger partial charge in [0, 0.05) is 5.54 Å². The van der Waals surface area contributed by atoms with E-state index in [1.54, 1.807) is 0 Å². The number of benzene rings is 4. The van der Waals surface area contributed by atoms with E-state index in [1.165, 1.54) is 32.3 Å². The SMILES string of the molecule is CC1=Cc2ccccc2C1[Si](c1ccccc1)(c1ccccc1)c1ccccc1. The molecule has 0 nitrogen and oxygen atoms in total. The molecule has 1 aliphatic rings. The van der Waals surface area contributed by atoms with Crippen LogP contribution in [0.4, 0.5) is 0 Å². The summed E-state index contributed by atoms with van der Waals surface area (Å²) in [4.78, 5) is 0. The molecule has 0 saturated heterocycles. The molecule has 0 aliphatic heterocycles. The summed E-state index contributed by atoms with van der Waals surface area (Å²) in [7, 11) is -2.37. The standard InChI is InChI=1S/C28H24Si/c1-22-21-23-13-11-12-20-27(23)28(22)29(24-14-5-2-6-15-24,25-16-7-3-8-17-25)26-18-9-4-10-19-26/h2-21,28H,1H3. The Morgan fingerprint density at radius 1 is 0.517 bits per heavy atom. The van der Waals surface area contributed by atoms with Gasteiger partial charge in [0.2, 0.25) is 0 Å². The second kappa shape index (κ2) is 7.34. The molecular formula is C28H24Si. The molecule has 1 aliphatic carbocycles. The van der Waals surface area contributed by atoms with Crippen molar-refractivity contribution in [2.45, 2.75) is 12.5 Å². The number of hydrogen-bond acceptors (Lipinski definition) is 0. The predicted molar refractivity (Wildman–Crippen MR) is 127 cm³/mol. The Morgan fingerprint density at radius 3 is 1.41 bits per heavy atom. The van der Waals surface area contributed by atoms with Crippen LogP contribution in [0, 0.1) is 0 Å². The third-order valence-corrected chi connectivity index (χ3v) is 11.6. The van der Waals surface area contributed by atoms with Crippen molar-refractivity contribution in [2.75, 3.05) is 0 Å². The number of hydrogen-bond donors (Lipinski definition) is 0. The summed E-state index contributed by atoms with van der Waals surface area (Å²) in [5, 5.41) is 4.39. The number of fused-ring (bicyclic) bond motifs is 1. The molecular weight excluding hydrogens is 364 g/mol. The maximum Gasteiger partial charge on any atom is 0.159 e. The lowest BCUT2D eigenvalue weighted by molar-refractivity contribution is 1.10. The Morgan fingerprint density at radius 2 is 0.931 bits per heavy atom. The van der Waals surface area contributed by atoms with E-state index in [0.717, 1.165) is 0 Å². The van der Waals surface area contributed by atoms with Crippen molar-refractivity contribution >= 4 is 29.7 Å². The molecule has 29 heavy (non-hydrogen) atoms. The molecule has 0 saturated carbocycles. The van der Waals surface area contributed by atoms with E-state index in [9.17, 15) is 0 Å². The molecule has 0 amide bonds. The normalized spacial score (nSPS) is 15.6. The van der Waals surface area contributed by atoms with Gasteiger partial charge < -0.3 is 0 Å². The van der Waals surface area contributed by atoms with Crippen molar-refractivity contribution in [1.29, 1.82) is 0 Å². The molecule has 0 spiro atoms. The summed E-state index contributed by atoms with van der Waals surface area (Å²) in [5.41, 5.74) is 4.68. The topological polar surface area (TPSA) is 0 Å². The first-order valence-electron chi connectivity index (χ1n) is 10.3. The van der Waals surface area contributed by atoms with Crippen LogP contribution in [-0.2, 0) is 0 Å². The fourth-order valence-corrected chi connectivity index (χ4v) is 10.8. The lowest BCUT2D eigenvalue weighted by Gasteiger charge is -2.40. The minimum absolute atomic E-state index is 0.380. The van der Waals surface area contributed by atoms with E-state index < -0.39 is 8.07 Å². The van der Waals surface area contributed by atoms with Gasteiger partial charge in [-0.05, 0) is 33.6 Å². The van der Waals surface area contributed by atoms with Gasteiger partial charge in [0.15, 0.2) is 8.07 Å². The fourth-order valence-electron chi connectivity index (χ4n) is 5.16. The van der Waals surface area contributed by atoms with Gasteiger partial charge in [-0.1, -0.05) is 127 Å². The largest absolute Gasteiger partial charge is 0.159 e. The van der Waals surface area contributed by atoms with E-state index >= 15 is 0 Å². The van der Waals surface area contributed by atoms with E-state index in [2.05, 4.69) is 128 Å². The molecule has 1 atom stereocenters. The molecule has 0 fully saturated rings. The van der Waals surface area contributed by atoms with Crippen LogP contribution in [0.1, 0.15) is 23.6 Å². The molecule has 140 valence electrons. The molecule has 0 heterocycles. The molecule has 4 aromatic carbocycles. The van der Waals surface area contributed by atoms with Crippen molar-refractivity contribution in [2.24, 2.45) is 0 Å². The highest BCUT2D eigenvalue weighted by Gasteiger charge is 2.49. The quantitative estimate of drug-likeness (QED) is 0.345. The zero-order valence-electron chi connectivity index (χ0n) is 16.6. The van der Waals surface area contributed by atoms with Gasteiger partial charge in [0.25, 0.3) is 0 Å². The molecule has 0 N–H and O–H groups in total. The third-order valence-electron chi connectivity index (χ3n) is 6.27. The summed E-state index contributed by atoms with van der Waals surface area (Å²) in [6.45, 7) is 2.32. The monoisotopic (exact) mass is 388 g/mol. The number of allylic oxidation sites excluding steroid dienone is 1. The highest BCUT2D eigenvalue weighted by atomic mass is 28.3. The zero-order chi connectivity index (χ0) is 19.7. The average Bonchev–Trinajstić information content (AvgIpc) is 3.13. The fraction of sp³-hybridized carbons (Fsp3) is 0.0714. The minimum atomic E-state index is -2.37. The van der Waals surface area contributed by atoms with Crippen molar-refractivity contribution in [1.82, 2.24) is 0 Å². The van der Waals surface area contributed by atoms with Gasteiger partial charge in [-0.15, -0.1) is 0 Å². The summed E-state index contributed by atoms with van der Waals surface area (Å²) in [5.74, 6) is 0. The van der Waals surface area contributed by atoms with Crippen LogP contribution in [-0.4, -0.2) is 8.07 Å². The Bertz CT molecular complexity index is 1050. The highest BCUT2D eigenvalue weighted by Crippen LogP contribution is 2.41. The van der Waals surface area contributed by atoms with Gasteiger partial charge in [0.1, 0.15) is 0 Å². The first-order chi connectivity index (χ1) is 14.3. The molecule has 0 bridgehead atoms. The van der Waals surface area contributed by atoms with Gasteiger partial charge in [0.05, 0.1) is 0 Å². The zero-order valence-corrected chi connectivity index (χ0v) is 17.6. The second-order valence-corrected chi connectivity index (χ2v) is 11.8. The van der Waals surface area contributed by atoms with E-state index in [4.69, 9.17) is 0 Å². The van der Waals surface area contributed by atoms with Crippen molar-refractivity contribution in [3.8, 4) is 0 Å². The average molecular weight is 389 g/mol. The van der Waals surface area contributed by atoms with Gasteiger partial charge in [-0.2, -0.15) is 0 Å². The Labute approximate surface area is 174 Å². The lowest BCUT2D eigenvalue weighted by Crippen LogP contribution is -2.70.